The second kappa shape index (κ2) is 26.4. The molecule has 0 radical (unpaired) electrons. The topological polar surface area (TPSA) is 469 Å². The van der Waals surface area contributed by atoms with Crippen LogP contribution in [0.2, 0.25) is 0 Å². The molecule has 3 unspecified atom stereocenters. The first-order valence-electron chi connectivity index (χ1n) is 33.6. The Hall–Kier alpha value is -2.10. The lowest BCUT2D eigenvalue weighted by Crippen LogP contribution is -2.75. The number of hydrogen-bond donors (Lipinski definition) is 16. The monoisotopic (exact) mass is 1350 g/mol. The van der Waals surface area contributed by atoms with Crippen molar-refractivity contribution in [3.8, 4) is 0 Å². The molecule has 1 spiro atoms. The van der Waals surface area contributed by atoms with Crippen molar-refractivity contribution in [2.75, 3.05) is 19.8 Å². The Morgan fingerprint density at radius 2 is 1.11 bits per heavy atom. The zero-order chi connectivity index (χ0) is 68.8. The van der Waals surface area contributed by atoms with Gasteiger partial charge in [0.1, 0.15) is 110 Å². The van der Waals surface area contributed by atoms with Gasteiger partial charge in [-0.15, -0.1) is 0 Å². The van der Waals surface area contributed by atoms with Crippen LogP contribution in [-0.4, -0.2) is 291 Å². The van der Waals surface area contributed by atoms with Crippen LogP contribution in [-0.2, 0) is 66.4 Å². The number of ether oxygens (including phenoxy) is 12. The van der Waals surface area contributed by atoms with Gasteiger partial charge >= 0.3 is 11.9 Å². The van der Waals surface area contributed by atoms with E-state index in [-0.39, 0.29) is 35.6 Å². The van der Waals surface area contributed by atoms with Crippen molar-refractivity contribution >= 4 is 11.9 Å². The number of aliphatic carboxylic acids is 1. The number of fused-ring (bicyclic) bond motifs is 4. The number of aliphatic hydroxyl groups excluding tert-OH is 15. The standard InChI is InChI=1S/C64H104O30/c1-11-24(2)51(81)87-34-20-58(4,5)18-31-63-17-13-30-60(8)15-14-33(59(6,7)29(60)12-16-61(30,9)62(63,10)19-32(68)64(31,34)57(82)94-63)88-56-49(93-53-43(77)39(73)37(71)27(21-65)85-53)45(44(78)46(90-56)50(79)80)89-55-48(41(75)38(72)28(22-66)86-55)92-54-47(40(74)35(69)25(3)84-54)91-52-42(76)36(70)26(67)23-83-52/h24-49,52-57,65-78,82H,11-23H2,1-10H3,(H,79,80)/t24?,25-,26+,27+,28+,29-,30+,31-,32+,33?,34-,35-,36-,37-,38-,39-,40+,41-,42+,43+,44-,45-,46-,47+,48+,49+,52-,53-,54-,55-,56+,57?,60-,61+,62-,63-,64+/m0/s1. The number of carbonyl (C=O) groups is 2. The van der Waals surface area contributed by atoms with Gasteiger partial charge < -0.3 is 139 Å². The summed E-state index contributed by atoms with van der Waals surface area (Å²) < 4.78 is 75.0. The number of esters is 1. The van der Waals surface area contributed by atoms with Crippen LogP contribution in [0.15, 0.2) is 0 Å². The van der Waals surface area contributed by atoms with Crippen molar-refractivity contribution < 1.29 is 148 Å². The summed E-state index contributed by atoms with van der Waals surface area (Å²) in [6.45, 7) is 17.7. The van der Waals surface area contributed by atoms with E-state index in [2.05, 4.69) is 34.6 Å². The van der Waals surface area contributed by atoms with Gasteiger partial charge in [0.05, 0.1) is 55.1 Å². The van der Waals surface area contributed by atoms with Crippen molar-refractivity contribution in [1.82, 2.24) is 0 Å². The molecule has 6 aliphatic heterocycles. The quantitative estimate of drug-likeness (QED) is 0.0545. The van der Waals surface area contributed by atoms with E-state index in [4.69, 9.17) is 56.8 Å². The van der Waals surface area contributed by atoms with E-state index < -0.39 is 236 Å². The predicted molar refractivity (Wildman–Crippen MR) is 314 cm³/mol. The SMILES string of the molecule is CCC(C)C(=O)O[C@H]1CC(C)(C)C[C@@H]2[C@]13C(O)O[C@@]21CC[C@@H]2[C@@]4(C)CCC(O[C@@H]5O[C@H](C(=O)O)[C@@H](O)[C@H](O[C@@H]6O[C@H](CO)[C@H](O)[C@H](O)[C@H]6O[C@@H]6O[C@@H](C)[C@H](O)[C@@H](O)[C@H]6O[C@@H]6OC[C@@H](O)[C@H](O)[C@H]6O)[C@H]5O[C@@H]5O[C@H](CO)[C@H](O)[C@H](O)[C@H]5O)C(C)(C)[C@@H]4CC[C@@]2(C)[C@]1(C)C[C@H]3O. The van der Waals surface area contributed by atoms with Crippen LogP contribution >= 0.6 is 0 Å². The van der Waals surface area contributed by atoms with Gasteiger partial charge in [-0.2, -0.15) is 0 Å². The fraction of sp³-hybridized carbons (Fsp3) is 0.969. The molecule has 6 heterocycles. The molecule has 37 atom stereocenters. The molecule has 0 aromatic carbocycles. The average Bonchev–Trinajstić information content (AvgIpc) is 1.39. The molecule has 0 amide bonds. The van der Waals surface area contributed by atoms with Crippen LogP contribution in [0.25, 0.3) is 0 Å². The molecule has 0 aromatic rings. The van der Waals surface area contributed by atoms with Gasteiger partial charge in [0.2, 0.25) is 0 Å². The molecular weight excluding hydrogens is 1250 g/mol. The highest BCUT2D eigenvalue weighted by atomic mass is 16.8. The molecule has 2 bridgehead atoms. The summed E-state index contributed by atoms with van der Waals surface area (Å²) in [5.41, 5.74) is -5.02. The number of aliphatic hydroxyl groups is 15. The van der Waals surface area contributed by atoms with Crippen molar-refractivity contribution in [1.29, 1.82) is 0 Å². The third-order valence-corrected chi connectivity index (χ3v) is 25.5. The predicted octanol–water partition coefficient (Wildman–Crippen LogP) is -2.88. The second-order valence-electron chi connectivity index (χ2n) is 31.4. The highest BCUT2D eigenvalue weighted by Crippen LogP contribution is 2.81. The van der Waals surface area contributed by atoms with E-state index >= 15 is 0 Å². The molecule has 5 saturated carbocycles. The van der Waals surface area contributed by atoms with Gasteiger partial charge in [-0.05, 0) is 105 Å². The summed E-state index contributed by atoms with van der Waals surface area (Å²) in [6.07, 6.45) is -45.3. The summed E-state index contributed by atoms with van der Waals surface area (Å²) in [6, 6.07) is 0. The highest BCUT2D eigenvalue weighted by molar-refractivity contribution is 5.73. The van der Waals surface area contributed by atoms with Gasteiger partial charge in [0.15, 0.2) is 43.8 Å². The van der Waals surface area contributed by atoms with Crippen LogP contribution in [0.4, 0.5) is 0 Å². The molecule has 94 heavy (non-hydrogen) atoms. The van der Waals surface area contributed by atoms with Crippen LogP contribution < -0.4 is 0 Å². The molecule has 11 aliphatic rings. The zero-order valence-corrected chi connectivity index (χ0v) is 55.0. The normalized spacial score (nSPS) is 54.9. The molecule has 11 fully saturated rings. The molecule has 540 valence electrons. The maximum atomic E-state index is 13.7. The van der Waals surface area contributed by atoms with Crippen LogP contribution in [0.1, 0.15) is 133 Å². The Kier molecular flexibility index (Phi) is 20.5. The Morgan fingerprint density at radius 1 is 0.543 bits per heavy atom. The van der Waals surface area contributed by atoms with Crippen molar-refractivity contribution in [2.24, 2.45) is 56.2 Å². The zero-order valence-electron chi connectivity index (χ0n) is 55.0. The fourth-order valence-electron chi connectivity index (χ4n) is 20.0. The second-order valence-corrected chi connectivity index (χ2v) is 31.4. The van der Waals surface area contributed by atoms with Gasteiger partial charge in [0, 0.05) is 11.3 Å². The summed E-state index contributed by atoms with van der Waals surface area (Å²) in [5, 5.41) is 180. The third-order valence-electron chi connectivity index (χ3n) is 25.5. The molecule has 30 nitrogen and oxygen atoms in total. The molecule has 30 heteroatoms. The molecular formula is C64H104O30. The molecule has 5 aliphatic carbocycles. The van der Waals surface area contributed by atoms with E-state index in [1.807, 2.05) is 27.7 Å². The summed E-state index contributed by atoms with van der Waals surface area (Å²) in [7, 11) is 0. The Morgan fingerprint density at radius 3 is 1.74 bits per heavy atom. The number of hydrogen-bond acceptors (Lipinski definition) is 29. The van der Waals surface area contributed by atoms with E-state index in [9.17, 15) is 91.3 Å². The van der Waals surface area contributed by atoms with E-state index in [1.54, 1.807) is 0 Å². The van der Waals surface area contributed by atoms with Crippen molar-refractivity contribution in [3.63, 3.8) is 0 Å². The summed E-state index contributed by atoms with van der Waals surface area (Å²) in [5.74, 6) is -3.03. The van der Waals surface area contributed by atoms with E-state index in [1.165, 1.54) is 6.92 Å². The first kappa shape index (κ1) is 73.1. The van der Waals surface area contributed by atoms with Gasteiger partial charge in [-0.25, -0.2) is 4.79 Å². The molecule has 11 rings (SSSR count). The highest BCUT2D eigenvalue weighted by Gasteiger charge is 2.84. The van der Waals surface area contributed by atoms with Crippen LogP contribution in [0.3, 0.4) is 0 Å². The maximum Gasteiger partial charge on any atom is 0.335 e. The number of carboxylic acids is 1. The van der Waals surface area contributed by atoms with Gasteiger partial charge in [-0.1, -0.05) is 62.3 Å². The van der Waals surface area contributed by atoms with E-state index in [0.29, 0.717) is 57.8 Å². The first-order chi connectivity index (χ1) is 43.9. The van der Waals surface area contributed by atoms with Crippen molar-refractivity contribution in [2.45, 2.75) is 311 Å². The number of carbonyl (C=O) groups excluding carboxylic acids is 1. The van der Waals surface area contributed by atoms with Crippen LogP contribution in [0, 0.1) is 56.2 Å². The fourth-order valence-corrected chi connectivity index (χ4v) is 20.0. The lowest BCUT2D eigenvalue weighted by atomic mass is 9.30. The number of rotatable bonds is 16. The largest absolute Gasteiger partial charge is 0.479 e. The number of carboxylic acid groups (broad SMARTS) is 1. The minimum Gasteiger partial charge on any atom is -0.479 e. The smallest absolute Gasteiger partial charge is 0.335 e. The lowest BCUT2D eigenvalue weighted by Gasteiger charge is -2.75. The average molecular weight is 1350 g/mol. The van der Waals surface area contributed by atoms with Crippen LogP contribution in [0.5, 0.6) is 0 Å². The summed E-state index contributed by atoms with van der Waals surface area (Å²) in [4.78, 5) is 27.1. The molecule has 0 aromatic heterocycles. The van der Waals surface area contributed by atoms with E-state index in [0.717, 1.165) is 0 Å². The van der Waals surface area contributed by atoms with Crippen molar-refractivity contribution in [3.05, 3.63) is 0 Å². The molecule has 6 saturated heterocycles. The lowest BCUT2D eigenvalue weighted by molar-refractivity contribution is -0.411. The Balaban J connectivity index is 0.907. The summed E-state index contributed by atoms with van der Waals surface area (Å²) >= 11 is 0. The first-order valence-corrected chi connectivity index (χ1v) is 33.6. The Bertz CT molecular complexity index is 2670. The van der Waals surface area contributed by atoms with Gasteiger partial charge in [0.25, 0.3) is 0 Å². The maximum absolute atomic E-state index is 13.7. The van der Waals surface area contributed by atoms with Gasteiger partial charge in [-0.3, -0.25) is 4.79 Å². The Labute approximate surface area is 545 Å². The minimum absolute atomic E-state index is 0.00225. The minimum atomic E-state index is -2.34. The molecule has 16 N–H and O–H groups in total. The third kappa shape index (κ3) is 11.5.